The van der Waals surface area contributed by atoms with Crippen molar-refractivity contribution in [3.8, 4) is 5.69 Å². The fourth-order valence-electron chi connectivity index (χ4n) is 3.77. The topological polar surface area (TPSA) is 17.0 Å². The van der Waals surface area contributed by atoms with Gasteiger partial charge in [0.25, 0.3) is 0 Å². The second-order valence-corrected chi connectivity index (χ2v) is 6.88. The molecule has 2 nitrogen and oxygen atoms in total. The van der Waals surface area contributed by atoms with Gasteiger partial charge in [-0.2, -0.15) is 0 Å². The third-order valence-corrected chi connectivity index (χ3v) is 5.04. The average Bonchev–Trinajstić information content (AvgIpc) is 3.05. The molecular formula is C25H20N2. The summed E-state index contributed by atoms with van der Waals surface area (Å²) in [4.78, 5) is 0. The van der Waals surface area contributed by atoms with Crippen molar-refractivity contribution in [3.63, 3.8) is 0 Å². The van der Waals surface area contributed by atoms with E-state index in [1.54, 1.807) is 0 Å². The lowest BCUT2D eigenvalue weighted by Crippen LogP contribution is -1.94. The predicted molar refractivity (Wildman–Crippen MR) is 115 cm³/mol. The van der Waals surface area contributed by atoms with Gasteiger partial charge in [0.05, 0.1) is 11.0 Å². The molecular weight excluding hydrogens is 328 g/mol. The molecule has 0 amide bonds. The van der Waals surface area contributed by atoms with Crippen molar-refractivity contribution in [3.05, 3.63) is 103 Å². The van der Waals surface area contributed by atoms with Crippen LogP contribution in [0.4, 0.5) is 11.4 Å². The summed E-state index contributed by atoms with van der Waals surface area (Å²) in [5.41, 5.74) is 7.10. The number of para-hydroxylation sites is 2. The van der Waals surface area contributed by atoms with Crippen LogP contribution in [0.15, 0.2) is 97.1 Å². The molecule has 1 N–H and O–H groups in total. The van der Waals surface area contributed by atoms with Crippen molar-refractivity contribution >= 4 is 33.2 Å². The van der Waals surface area contributed by atoms with Gasteiger partial charge in [-0.25, -0.2) is 0 Å². The summed E-state index contributed by atoms with van der Waals surface area (Å²) in [5, 5.41) is 6.10. The standard InChI is InChI=1S/C25H20N2/c1-18-14-16-20(17-15-18)27-23-12-6-5-10-21(23)25-22(11-7-13-24(25)27)26-19-8-3-2-4-9-19/h2-17,26H,1H3. The molecule has 0 saturated carbocycles. The quantitative estimate of drug-likeness (QED) is 0.378. The fourth-order valence-corrected chi connectivity index (χ4v) is 3.77. The first kappa shape index (κ1) is 15.7. The normalized spacial score (nSPS) is 11.1. The van der Waals surface area contributed by atoms with Crippen LogP contribution in [-0.2, 0) is 0 Å². The second kappa shape index (κ2) is 6.33. The number of nitrogens with one attached hydrogen (secondary N) is 1. The lowest BCUT2D eigenvalue weighted by Gasteiger charge is -2.10. The van der Waals surface area contributed by atoms with Gasteiger partial charge in [-0.15, -0.1) is 0 Å². The lowest BCUT2D eigenvalue weighted by molar-refractivity contribution is 1.17. The number of aromatic nitrogens is 1. The highest BCUT2D eigenvalue weighted by Gasteiger charge is 2.14. The van der Waals surface area contributed by atoms with Crippen LogP contribution in [-0.4, -0.2) is 4.57 Å². The Morgan fingerprint density at radius 1 is 0.630 bits per heavy atom. The molecule has 0 aliphatic heterocycles. The smallest absolute Gasteiger partial charge is 0.0562 e. The third kappa shape index (κ3) is 2.67. The number of anilines is 2. The van der Waals surface area contributed by atoms with E-state index in [0.29, 0.717) is 0 Å². The minimum absolute atomic E-state index is 1.09. The maximum absolute atomic E-state index is 3.60. The van der Waals surface area contributed by atoms with Crippen molar-refractivity contribution in [2.45, 2.75) is 6.92 Å². The van der Waals surface area contributed by atoms with Crippen molar-refractivity contribution in [1.29, 1.82) is 0 Å². The summed E-state index contributed by atoms with van der Waals surface area (Å²) in [6, 6.07) is 34.2. The molecule has 0 atom stereocenters. The molecule has 0 unspecified atom stereocenters. The van der Waals surface area contributed by atoms with Crippen molar-refractivity contribution in [1.82, 2.24) is 4.57 Å². The monoisotopic (exact) mass is 348 g/mol. The molecule has 5 aromatic rings. The summed E-state index contributed by atoms with van der Waals surface area (Å²) in [6.45, 7) is 2.12. The van der Waals surface area contributed by atoms with Gasteiger partial charge < -0.3 is 9.88 Å². The van der Waals surface area contributed by atoms with Crippen LogP contribution in [0.1, 0.15) is 5.56 Å². The highest BCUT2D eigenvalue weighted by Crippen LogP contribution is 2.37. The summed E-state index contributed by atoms with van der Waals surface area (Å²) >= 11 is 0. The van der Waals surface area contributed by atoms with Crippen LogP contribution in [0.25, 0.3) is 27.5 Å². The zero-order valence-electron chi connectivity index (χ0n) is 15.2. The minimum atomic E-state index is 1.09. The van der Waals surface area contributed by atoms with Gasteiger partial charge in [-0.3, -0.25) is 0 Å². The summed E-state index contributed by atoms with van der Waals surface area (Å²) < 4.78 is 2.35. The molecule has 2 heteroatoms. The molecule has 1 aromatic heterocycles. The first-order valence-electron chi connectivity index (χ1n) is 9.22. The Hall–Kier alpha value is -3.52. The van der Waals surface area contributed by atoms with E-state index in [0.717, 1.165) is 11.4 Å². The molecule has 4 aromatic carbocycles. The molecule has 27 heavy (non-hydrogen) atoms. The highest BCUT2D eigenvalue weighted by molar-refractivity contribution is 6.15. The summed E-state index contributed by atoms with van der Waals surface area (Å²) in [6.07, 6.45) is 0. The first-order valence-corrected chi connectivity index (χ1v) is 9.22. The zero-order chi connectivity index (χ0) is 18.2. The number of benzene rings is 4. The van der Waals surface area contributed by atoms with Crippen molar-refractivity contribution < 1.29 is 0 Å². The molecule has 0 radical (unpaired) electrons. The molecule has 5 rings (SSSR count). The van der Waals surface area contributed by atoms with Gasteiger partial charge in [0.1, 0.15) is 0 Å². The van der Waals surface area contributed by atoms with Gasteiger partial charge >= 0.3 is 0 Å². The number of hydrogen-bond donors (Lipinski definition) is 1. The van der Waals surface area contributed by atoms with E-state index in [2.05, 4.69) is 108 Å². The maximum atomic E-state index is 3.60. The van der Waals surface area contributed by atoms with Crippen LogP contribution in [0.2, 0.25) is 0 Å². The van der Waals surface area contributed by atoms with Crippen LogP contribution in [0.5, 0.6) is 0 Å². The van der Waals surface area contributed by atoms with E-state index in [4.69, 9.17) is 0 Å². The van der Waals surface area contributed by atoms with E-state index < -0.39 is 0 Å². The molecule has 0 spiro atoms. The van der Waals surface area contributed by atoms with E-state index in [1.165, 1.54) is 33.1 Å². The molecule has 0 aliphatic carbocycles. The number of nitrogens with zero attached hydrogens (tertiary/aromatic N) is 1. The third-order valence-electron chi connectivity index (χ3n) is 5.04. The van der Waals surface area contributed by atoms with Gasteiger partial charge in [-0.05, 0) is 49.4 Å². The van der Waals surface area contributed by atoms with E-state index >= 15 is 0 Å². The molecule has 0 bridgehead atoms. The number of rotatable bonds is 3. The number of fused-ring (bicyclic) bond motifs is 3. The van der Waals surface area contributed by atoms with E-state index in [-0.39, 0.29) is 0 Å². The Kier molecular flexibility index (Phi) is 3.68. The second-order valence-electron chi connectivity index (χ2n) is 6.88. The summed E-state index contributed by atoms with van der Waals surface area (Å²) in [5.74, 6) is 0. The van der Waals surface area contributed by atoms with Crippen molar-refractivity contribution in [2.75, 3.05) is 5.32 Å². The van der Waals surface area contributed by atoms with Gasteiger partial charge in [0, 0.05) is 27.8 Å². The number of aryl methyl sites for hydroxylation is 1. The Morgan fingerprint density at radius 3 is 2.15 bits per heavy atom. The van der Waals surface area contributed by atoms with Gasteiger partial charge in [0.2, 0.25) is 0 Å². The fraction of sp³-hybridized carbons (Fsp3) is 0.0400. The Labute approximate surface area is 158 Å². The Morgan fingerprint density at radius 2 is 1.33 bits per heavy atom. The number of hydrogen-bond acceptors (Lipinski definition) is 1. The van der Waals surface area contributed by atoms with Crippen LogP contribution < -0.4 is 5.32 Å². The van der Waals surface area contributed by atoms with Crippen molar-refractivity contribution in [2.24, 2.45) is 0 Å². The first-order chi connectivity index (χ1) is 13.3. The molecule has 0 saturated heterocycles. The van der Waals surface area contributed by atoms with Gasteiger partial charge in [-0.1, -0.05) is 60.2 Å². The predicted octanol–water partition coefficient (Wildman–Crippen LogP) is 6.84. The van der Waals surface area contributed by atoms with Crippen LogP contribution >= 0.6 is 0 Å². The largest absolute Gasteiger partial charge is 0.355 e. The van der Waals surface area contributed by atoms with Crippen LogP contribution in [0, 0.1) is 6.92 Å². The summed E-state index contributed by atoms with van der Waals surface area (Å²) in [7, 11) is 0. The maximum Gasteiger partial charge on any atom is 0.0562 e. The lowest BCUT2D eigenvalue weighted by atomic mass is 10.1. The van der Waals surface area contributed by atoms with E-state index in [1.807, 2.05) is 6.07 Å². The molecule has 0 fully saturated rings. The zero-order valence-corrected chi connectivity index (χ0v) is 15.2. The average molecular weight is 348 g/mol. The molecule has 1 heterocycles. The van der Waals surface area contributed by atoms with Crippen LogP contribution in [0.3, 0.4) is 0 Å². The SMILES string of the molecule is Cc1ccc(-n2c3ccccc3c3c(Nc4ccccc4)cccc32)cc1. The Balaban J connectivity index is 1.81. The highest BCUT2D eigenvalue weighted by atomic mass is 15.0. The van der Waals surface area contributed by atoms with Gasteiger partial charge in [0.15, 0.2) is 0 Å². The molecule has 130 valence electrons. The van der Waals surface area contributed by atoms with E-state index in [9.17, 15) is 0 Å². The molecule has 0 aliphatic rings. The Bertz CT molecular complexity index is 1230. The minimum Gasteiger partial charge on any atom is -0.355 e.